The molecule has 11 heteroatoms. The number of halogens is 2. The number of fused-ring (bicyclic) bond motifs is 1. The molecule has 0 unspecified atom stereocenters. The van der Waals surface area contributed by atoms with E-state index in [0.29, 0.717) is 33.6 Å². The van der Waals surface area contributed by atoms with Gasteiger partial charge in [0.1, 0.15) is 18.1 Å². The summed E-state index contributed by atoms with van der Waals surface area (Å²) < 4.78 is 14.7. The maximum Gasteiger partial charge on any atom is 0.282 e. The van der Waals surface area contributed by atoms with E-state index in [-0.39, 0.29) is 23.8 Å². The summed E-state index contributed by atoms with van der Waals surface area (Å²) >= 11 is 6.98. The van der Waals surface area contributed by atoms with Gasteiger partial charge in [-0.25, -0.2) is 4.98 Å². The average Bonchev–Trinajstić information content (AvgIpc) is 3.00. The topological polar surface area (TPSA) is 109 Å². The summed E-state index contributed by atoms with van der Waals surface area (Å²) in [5.41, 5.74) is 3.73. The summed E-state index contributed by atoms with van der Waals surface area (Å²) in [4.78, 5) is 29.9. The molecule has 0 amide bonds. The molecule has 0 saturated heterocycles. The van der Waals surface area contributed by atoms with Crippen molar-refractivity contribution in [1.82, 2.24) is 9.66 Å². The Balaban J connectivity index is 1.66. The van der Waals surface area contributed by atoms with Crippen LogP contribution < -0.4 is 15.0 Å². The van der Waals surface area contributed by atoms with Gasteiger partial charge in [0.2, 0.25) is 0 Å². The van der Waals surface area contributed by atoms with Gasteiger partial charge in [0.05, 0.1) is 29.2 Å². The molecule has 44 heavy (non-hydrogen) atoms. The Bertz CT molecular complexity index is 1990. The molecule has 0 aliphatic rings. The van der Waals surface area contributed by atoms with Crippen molar-refractivity contribution in [2.45, 2.75) is 33.3 Å². The molecule has 0 fully saturated rings. The predicted octanol–water partition coefficient (Wildman–Crippen LogP) is 8.40. The van der Waals surface area contributed by atoms with E-state index in [2.05, 4.69) is 50.8 Å². The number of aromatic nitrogens is 2. The molecule has 5 aromatic rings. The van der Waals surface area contributed by atoms with Crippen LogP contribution in [-0.4, -0.2) is 27.9 Å². The molecule has 1 heterocycles. The molecule has 0 atom stereocenters. The average molecular weight is 720 g/mol. The van der Waals surface area contributed by atoms with E-state index in [4.69, 9.17) is 14.5 Å². The number of hydrogen-bond donors (Lipinski definition) is 0. The van der Waals surface area contributed by atoms with Crippen molar-refractivity contribution in [2.24, 2.45) is 5.10 Å². The second kappa shape index (κ2) is 13.1. The van der Waals surface area contributed by atoms with E-state index < -0.39 is 4.92 Å². The second-order valence-corrected chi connectivity index (χ2v) is 12.2. The van der Waals surface area contributed by atoms with Gasteiger partial charge in [-0.1, -0.05) is 63.9 Å². The number of benzene rings is 4. The first-order valence-corrected chi connectivity index (χ1v) is 15.3. The molecule has 0 bridgehead atoms. The number of non-ortho nitro benzene ring substituents is 1. The van der Waals surface area contributed by atoms with Gasteiger partial charge in [-0.3, -0.25) is 14.9 Å². The molecule has 0 aliphatic carbocycles. The van der Waals surface area contributed by atoms with Crippen molar-refractivity contribution in [3.63, 3.8) is 0 Å². The van der Waals surface area contributed by atoms with Crippen LogP contribution in [0.4, 0.5) is 5.69 Å². The maximum atomic E-state index is 13.9. The van der Waals surface area contributed by atoms with Crippen molar-refractivity contribution in [3.05, 3.63) is 124 Å². The molecule has 1 aromatic heterocycles. The molecule has 4 aromatic carbocycles. The second-order valence-electron chi connectivity index (χ2n) is 10.4. The summed E-state index contributed by atoms with van der Waals surface area (Å²) in [6.07, 6.45) is 1.39. The Morgan fingerprint density at radius 3 is 2.52 bits per heavy atom. The fraction of sp³-hybridized carbons (Fsp3) is 0.182. The van der Waals surface area contributed by atoms with Crippen molar-refractivity contribution >= 4 is 54.7 Å². The zero-order valence-corrected chi connectivity index (χ0v) is 27.5. The number of methoxy groups -OCH3 is 1. The zero-order chi connectivity index (χ0) is 31.5. The standard InChI is InChI=1S/C33H28Br2N4O5/c1-19(2)26-16-27(20(3)13-31(26)43-4)32-37-29-8-6-5-7-25(29)33(40)38(32)36-17-22-14-24(39(41)42)11-12-30(22)44-18-21-9-10-23(34)15-28(21)35/h5-17,19H,18H2,1-4H3. The van der Waals surface area contributed by atoms with Crippen molar-refractivity contribution in [1.29, 1.82) is 0 Å². The van der Waals surface area contributed by atoms with Crippen molar-refractivity contribution < 1.29 is 14.4 Å². The molecule has 224 valence electrons. The van der Waals surface area contributed by atoms with E-state index in [1.165, 1.54) is 29.1 Å². The van der Waals surface area contributed by atoms with E-state index in [9.17, 15) is 14.9 Å². The number of nitro benzene ring substituents is 1. The third-order valence-electron chi connectivity index (χ3n) is 7.11. The van der Waals surface area contributed by atoms with Crippen LogP contribution in [0.5, 0.6) is 11.5 Å². The van der Waals surface area contributed by atoms with E-state index in [1.807, 2.05) is 43.3 Å². The minimum Gasteiger partial charge on any atom is -0.496 e. The fourth-order valence-corrected chi connectivity index (χ4v) is 5.93. The summed E-state index contributed by atoms with van der Waals surface area (Å²) in [5, 5.41) is 16.6. The number of rotatable bonds is 9. The number of para-hydroxylation sites is 1. The van der Waals surface area contributed by atoms with Crippen molar-refractivity contribution in [2.75, 3.05) is 7.11 Å². The molecule has 0 spiro atoms. The van der Waals surface area contributed by atoms with Gasteiger partial charge in [-0.2, -0.15) is 9.78 Å². The molecule has 0 N–H and O–H groups in total. The summed E-state index contributed by atoms with van der Waals surface area (Å²) in [6.45, 7) is 6.24. The largest absolute Gasteiger partial charge is 0.496 e. The number of ether oxygens (including phenoxy) is 2. The molecular weight excluding hydrogens is 692 g/mol. The van der Waals surface area contributed by atoms with Crippen molar-refractivity contribution in [3.8, 4) is 22.9 Å². The quantitative estimate of drug-likeness (QED) is 0.0860. The van der Waals surface area contributed by atoms with Gasteiger partial charge >= 0.3 is 0 Å². The lowest BCUT2D eigenvalue weighted by molar-refractivity contribution is -0.384. The smallest absolute Gasteiger partial charge is 0.282 e. The van der Waals surface area contributed by atoms with Crippen LogP contribution in [0.15, 0.2) is 91.6 Å². The number of nitrogens with zero attached hydrogens (tertiary/aromatic N) is 4. The molecular formula is C33H28Br2N4O5. The molecule has 0 aliphatic heterocycles. The summed E-state index contributed by atoms with van der Waals surface area (Å²) in [7, 11) is 1.63. The number of hydrogen-bond acceptors (Lipinski definition) is 7. The van der Waals surface area contributed by atoms with Crippen LogP contribution >= 0.6 is 31.9 Å². The van der Waals surface area contributed by atoms with Crippen LogP contribution in [0, 0.1) is 17.0 Å². The SMILES string of the molecule is COc1cc(C)c(-c2nc3ccccc3c(=O)n2N=Cc2cc([N+](=O)[O-])ccc2OCc2ccc(Br)cc2Br)cc1C(C)C. The third kappa shape index (κ3) is 6.44. The normalized spacial score (nSPS) is 11.4. The van der Waals surface area contributed by atoms with Gasteiger partial charge in [-0.15, -0.1) is 0 Å². The Morgan fingerprint density at radius 1 is 1.05 bits per heavy atom. The highest BCUT2D eigenvalue weighted by atomic mass is 79.9. The lowest BCUT2D eigenvalue weighted by atomic mass is 9.96. The number of aryl methyl sites for hydroxylation is 1. The van der Waals surface area contributed by atoms with Crippen LogP contribution in [0.25, 0.3) is 22.3 Å². The highest BCUT2D eigenvalue weighted by Gasteiger charge is 2.19. The fourth-order valence-electron chi connectivity index (χ4n) is 4.77. The number of nitro groups is 1. The molecule has 5 rings (SSSR count). The van der Waals surface area contributed by atoms with Gasteiger partial charge in [0, 0.05) is 37.8 Å². The van der Waals surface area contributed by atoms with E-state index in [1.54, 1.807) is 25.3 Å². The Labute approximate surface area is 270 Å². The van der Waals surface area contributed by atoms with Gasteiger partial charge in [0.25, 0.3) is 11.2 Å². The first kappa shape index (κ1) is 31.1. The lowest BCUT2D eigenvalue weighted by Crippen LogP contribution is -2.21. The molecule has 0 saturated carbocycles. The van der Waals surface area contributed by atoms with Gasteiger partial charge in [0.15, 0.2) is 5.82 Å². The third-order valence-corrected chi connectivity index (χ3v) is 8.34. The Morgan fingerprint density at radius 2 is 1.82 bits per heavy atom. The van der Waals surface area contributed by atoms with E-state index >= 15 is 0 Å². The minimum atomic E-state index is -0.490. The van der Waals surface area contributed by atoms with E-state index in [0.717, 1.165) is 31.4 Å². The zero-order valence-electron chi connectivity index (χ0n) is 24.4. The molecule has 0 radical (unpaired) electrons. The first-order valence-electron chi connectivity index (χ1n) is 13.7. The first-order chi connectivity index (χ1) is 21.1. The Hall–Kier alpha value is -4.35. The molecule has 9 nitrogen and oxygen atoms in total. The Kier molecular flexibility index (Phi) is 9.26. The highest BCUT2D eigenvalue weighted by molar-refractivity contribution is 9.11. The van der Waals surface area contributed by atoms with Gasteiger partial charge < -0.3 is 9.47 Å². The summed E-state index contributed by atoms with van der Waals surface area (Å²) in [5.74, 6) is 1.58. The maximum absolute atomic E-state index is 13.9. The van der Waals surface area contributed by atoms with Crippen LogP contribution in [0.3, 0.4) is 0 Å². The summed E-state index contributed by atoms with van der Waals surface area (Å²) in [6, 6.07) is 20.9. The van der Waals surface area contributed by atoms with Crippen LogP contribution in [0.1, 0.15) is 42.0 Å². The van der Waals surface area contributed by atoms with Gasteiger partial charge in [-0.05, 0) is 66.4 Å². The lowest BCUT2D eigenvalue weighted by Gasteiger charge is -2.17. The van der Waals surface area contributed by atoms with Crippen LogP contribution in [0.2, 0.25) is 0 Å². The minimum absolute atomic E-state index is 0.139. The monoisotopic (exact) mass is 718 g/mol. The predicted molar refractivity (Wildman–Crippen MR) is 179 cm³/mol. The highest BCUT2D eigenvalue weighted by Crippen LogP contribution is 2.34. The van der Waals surface area contributed by atoms with Crippen LogP contribution in [-0.2, 0) is 6.61 Å².